The van der Waals surface area contributed by atoms with E-state index in [0.29, 0.717) is 66.8 Å². The van der Waals surface area contributed by atoms with Crippen LogP contribution in [0.4, 0.5) is 23.1 Å². The third-order valence-corrected chi connectivity index (χ3v) is 6.01. The fraction of sp³-hybridized carbons (Fsp3) is 0.179. The number of anilines is 4. The van der Waals surface area contributed by atoms with Gasteiger partial charge in [0.05, 0.1) is 12.7 Å². The van der Waals surface area contributed by atoms with Crippen molar-refractivity contribution in [3.8, 4) is 34.1 Å². The standard InChI is InChI=1S/C28H24N4O6/c1-34-27(33)18-4-2-17(3-5-18)21-16-29-28(31-20-7-9-23-25(15-20)38-13-11-36-23)32-26(21)30-19-6-8-22-24(14-19)37-12-10-35-22/h2-9,14-16H,10-13H2,1H3,(H2,29,30,31,32). The van der Waals surface area contributed by atoms with Gasteiger partial charge in [0.15, 0.2) is 23.0 Å². The Labute approximate surface area is 218 Å². The third-order valence-electron chi connectivity index (χ3n) is 6.01. The summed E-state index contributed by atoms with van der Waals surface area (Å²) in [6.45, 7) is 2.04. The number of hydrogen-bond donors (Lipinski definition) is 2. The molecule has 0 atom stereocenters. The number of nitrogens with zero attached hydrogens (tertiary/aromatic N) is 2. The number of hydrogen-bond acceptors (Lipinski definition) is 10. The van der Waals surface area contributed by atoms with Crippen LogP contribution in [0.5, 0.6) is 23.0 Å². The second-order valence-corrected chi connectivity index (χ2v) is 8.49. The summed E-state index contributed by atoms with van der Waals surface area (Å²) < 4.78 is 27.5. The van der Waals surface area contributed by atoms with Gasteiger partial charge in [-0.25, -0.2) is 9.78 Å². The molecule has 4 aromatic rings. The van der Waals surface area contributed by atoms with Crippen molar-refractivity contribution in [3.05, 3.63) is 72.4 Å². The lowest BCUT2D eigenvalue weighted by atomic mass is 10.1. The summed E-state index contributed by atoms with van der Waals surface area (Å²) in [7, 11) is 1.35. The summed E-state index contributed by atoms with van der Waals surface area (Å²) in [5.74, 6) is 3.27. The molecule has 0 fully saturated rings. The molecule has 10 heteroatoms. The van der Waals surface area contributed by atoms with Crippen molar-refractivity contribution in [2.24, 2.45) is 0 Å². The van der Waals surface area contributed by atoms with Gasteiger partial charge in [-0.3, -0.25) is 0 Å². The smallest absolute Gasteiger partial charge is 0.337 e. The Balaban J connectivity index is 1.34. The van der Waals surface area contributed by atoms with Crippen LogP contribution in [-0.2, 0) is 4.74 Å². The average Bonchev–Trinajstić information content (AvgIpc) is 2.97. The van der Waals surface area contributed by atoms with E-state index in [9.17, 15) is 4.79 Å². The first-order valence-corrected chi connectivity index (χ1v) is 12.1. The molecule has 3 heterocycles. The van der Waals surface area contributed by atoms with E-state index in [1.54, 1.807) is 18.3 Å². The molecule has 1 aromatic heterocycles. The van der Waals surface area contributed by atoms with Crippen LogP contribution in [0.3, 0.4) is 0 Å². The number of rotatable bonds is 6. The van der Waals surface area contributed by atoms with Gasteiger partial charge in [-0.05, 0) is 42.0 Å². The maximum Gasteiger partial charge on any atom is 0.337 e. The van der Waals surface area contributed by atoms with Gasteiger partial charge in [0.2, 0.25) is 5.95 Å². The molecule has 0 aliphatic carbocycles. The van der Waals surface area contributed by atoms with Gasteiger partial charge in [-0.1, -0.05) is 12.1 Å². The number of benzene rings is 3. The van der Waals surface area contributed by atoms with Crippen molar-refractivity contribution in [1.82, 2.24) is 9.97 Å². The first-order chi connectivity index (χ1) is 18.7. The molecule has 0 radical (unpaired) electrons. The van der Waals surface area contributed by atoms with Gasteiger partial charge in [0.1, 0.15) is 32.2 Å². The molecule has 2 aliphatic heterocycles. The van der Waals surface area contributed by atoms with Gasteiger partial charge in [-0.2, -0.15) is 4.98 Å². The van der Waals surface area contributed by atoms with Crippen LogP contribution >= 0.6 is 0 Å². The fourth-order valence-electron chi connectivity index (χ4n) is 4.16. The quantitative estimate of drug-likeness (QED) is 0.344. The molecule has 0 bridgehead atoms. The van der Waals surface area contributed by atoms with Crippen molar-refractivity contribution in [3.63, 3.8) is 0 Å². The van der Waals surface area contributed by atoms with Crippen molar-refractivity contribution in [2.45, 2.75) is 0 Å². The highest BCUT2D eigenvalue weighted by Gasteiger charge is 2.16. The second kappa shape index (κ2) is 10.2. The molecule has 0 amide bonds. The third kappa shape index (κ3) is 4.83. The summed E-state index contributed by atoms with van der Waals surface area (Å²) in [5.41, 5.74) is 3.54. The van der Waals surface area contributed by atoms with E-state index in [4.69, 9.17) is 28.7 Å². The number of carbonyl (C=O) groups is 1. The lowest BCUT2D eigenvalue weighted by molar-refractivity contribution is 0.0600. The lowest BCUT2D eigenvalue weighted by Crippen LogP contribution is -2.15. The predicted octanol–water partition coefficient (Wildman–Crippen LogP) is 4.96. The minimum absolute atomic E-state index is 0.386. The maximum absolute atomic E-state index is 11.9. The first kappa shape index (κ1) is 23.4. The Morgan fingerprint density at radius 3 is 1.95 bits per heavy atom. The van der Waals surface area contributed by atoms with Crippen LogP contribution in [0, 0.1) is 0 Å². The number of methoxy groups -OCH3 is 1. The molecule has 38 heavy (non-hydrogen) atoms. The van der Waals surface area contributed by atoms with E-state index in [1.165, 1.54) is 7.11 Å². The molecular formula is C28H24N4O6. The predicted molar refractivity (Wildman–Crippen MR) is 140 cm³/mol. The van der Waals surface area contributed by atoms with Gasteiger partial charge >= 0.3 is 5.97 Å². The molecule has 192 valence electrons. The molecule has 2 N–H and O–H groups in total. The van der Waals surface area contributed by atoms with E-state index >= 15 is 0 Å². The van der Waals surface area contributed by atoms with Crippen LogP contribution in [0.1, 0.15) is 10.4 Å². The zero-order chi connectivity index (χ0) is 25.9. The highest BCUT2D eigenvalue weighted by Crippen LogP contribution is 2.37. The molecule has 10 nitrogen and oxygen atoms in total. The van der Waals surface area contributed by atoms with Gasteiger partial charge in [0.25, 0.3) is 0 Å². The number of esters is 1. The van der Waals surface area contributed by atoms with Crippen LogP contribution in [0.15, 0.2) is 66.9 Å². The summed E-state index contributed by atoms with van der Waals surface area (Å²) in [4.78, 5) is 21.2. The van der Waals surface area contributed by atoms with Gasteiger partial charge in [0, 0.05) is 35.3 Å². The lowest BCUT2D eigenvalue weighted by Gasteiger charge is -2.20. The Morgan fingerprint density at radius 1 is 0.763 bits per heavy atom. The number of fused-ring (bicyclic) bond motifs is 2. The molecule has 0 saturated heterocycles. The molecule has 0 spiro atoms. The summed E-state index contributed by atoms with van der Waals surface area (Å²) in [5, 5.41) is 6.62. The normalized spacial score (nSPS) is 13.4. The monoisotopic (exact) mass is 512 g/mol. The molecular weight excluding hydrogens is 488 g/mol. The Kier molecular flexibility index (Phi) is 6.27. The van der Waals surface area contributed by atoms with Gasteiger partial charge < -0.3 is 34.3 Å². The maximum atomic E-state index is 11.9. The highest BCUT2D eigenvalue weighted by molar-refractivity contribution is 5.90. The van der Waals surface area contributed by atoms with Gasteiger partial charge in [-0.15, -0.1) is 0 Å². The Morgan fingerprint density at radius 2 is 1.34 bits per heavy atom. The van der Waals surface area contributed by atoms with Crippen molar-refractivity contribution < 1.29 is 28.5 Å². The fourth-order valence-corrected chi connectivity index (χ4v) is 4.16. The molecule has 6 rings (SSSR count). The van der Waals surface area contributed by atoms with Crippen molar-refractivity contribution >= 4 is 29.1 Å². The molecule has 0 saturated carbocycles. The van der Waals surface area contributed by atoms with E-state index in [2.05, 4.69) is 15.6 Å². The molecule has 0 unspecified atom stereocenters. The van der Waals surface area contributed by atoms with Crippen LogP contribution in [0.2, 0.25) is 0 Å². The van der Waals surface area contributed by atoms with Crippen molar-refractivity contribution in [1.29, 1.82) is 0 Å². The molecule has 3 aromatic carbocycles. The second-order valence-electron chi connectivity index (χ2n) is 8.49. The van der Waals surface area contributed by atoms with E-state index in [1.807, 2.05) is 48.5 Å². The Hall–Kier alpha value is -4.99. The number of aromatic nitrogens is 2. The van der Waals surface area contributed by atoms with Crippen LogP contribution in [0.25, 0.3) is 11.1 Å². The number of ether oxygens (including phenoxy) is 5. The largest absolute Gasteiger partial charge is 0.486 e. The summed E-state index contributed by atoms with van der Waals surface area (Å²) in [6.07, 6.45) is 1.72. The minimum atomic E-state index is -0.401. The highest BCUT2D eigenvalue weighted by atomic mass is 16.6. The zero-order valence-corrected chi connectivity index (χ0v) is 20.5. The zero-order valence-electron chi connectivity index (χ0n) is 20.5. The van der Waals surface area contributed by atoms with E-state index < -0.39 is 5.97 Å². The van der Waals surface area contributed by atoms with E-state index in [0.717, 1.165) is 22.5 Å². The van der Waals surface area contributed by atoms with Crippen LogP contribution < -0.4 is 29.6 Å². The summed E-state index contributed by atoms with van der Waals surface area (Å²) in [6, 6.07) is 18.3. The average molecular weight is 513 g/mol. The molecule has 2 aliphatic rings. The van der Waals surface area contributed by atoms with E-state index in [-0.39, 0.29) is 0 Å². The SMILES string of the molecule is COC(=O)c1ccc(-c2cnc(Nc3ccc4c(c3)OCCO4)nc2Nc2ccc3c(c2)OCCO3)cc1. The van der Waals surface area contributed by atoms with Crippen LogP contribution in [-0.4, -0.2) is 49.5 Å². The Bertz CT molecular complexity index is 1490. The minimum Gasteiger partial charge on any atom is -0.486 e. The first-order valence-electron chi connectivity index (χ1n) is 12.1. The topological polar surface area (TPSA) is 113 Å². The number of nitrogens with one attached hydrogen (secondary N) is 2. The van der Waals surface area contributed by atoms with Crippen molar-refractivity contribution in [2.75, 3.05) is 44.2 Å². The number of carbonyl (C=O) groups excluding carboxylic acids is 1. The summed E-state index contributed by atoms with van der Waals surface area (Å²) >= 11 is 0.